The van der Waals surface area contributed by atoms with Crippen LogP contribution in [0.1, 0.15) is 0 Å². The van der Waals surface area contributed by atoms with E-state index in [4.69, 9.17) is 27.9 Å². The fourth-order valence-corrected chi connectivity index (χ4v) is 1.98. The highest BCUT2D eigenvalue weighted by molar-refractivity contribution is 6.36. The van der Waals surface area contributed by atoms with Gasteiger partial charge >= 0.3 is 0 Å². The summed E-state index contributed by atoms with van der Waals surface area (Å²) < 4.78 is 6.80. The second-order valence-electron chi connectivity index (χ2n) is 3.32. The molecular weight excluding hydrogens is 247 g/mol. The van der Waals surface area contributed by atoms with Gasteiger partial charge in [-0.3, -0.25) is 0 Å². The van der Waals surface area contributed by atoms with Gasteiger partial charge in [0.2, 0.25) is 5.88 Å². The first-order valence-corrected chi connectivity index (χ1v) is 5.41. The van der Waals surface area contributed by atoms with Gasteiger partial charge in [0.1, 0.15) is 0 Å². The van der Waals surface area contributed by atoms with E-state index >= 15 is 0 Å². The molecule has 0 amide bonds. The molecule has 0 aliphatic heterocycles. The molecule has 0 bridgehead atoms. The Hall–Kier alpha value is -1.19. The zero-order chi connectivity index (χ0) is 11.7. The Labute approximate surface area is 104 Å². The lowest BCUT2D eigenvalue weighted by atomic mass is 10.1. The minimum atomic E-state index is 0.577. The number of methoxy groups -OCH3 is 1. The molecular formula is C11H10Cl2N2O. The maximum Gasteiger partial charge on any atom is 0.211 e. The van der Waals surface area contributed by atoms with Gasteiger partial charge in [0.15, 0.2) is 0 Å². The molecule has 0 radical (unpaired) electrons. The van der Waals surface area contributed by atoms with Gasteiger partial charge in [0.25, 0.3) is 0 Å². The minimum absolute atomic E-state index is 0.577. The molecule has 84 valence electrons. The first-order chi connectivity index (χ1) is 7.61. The molecule has 2 aromatic rings. The van der Waals surface area contributed by atoms with E-state index in [1.165, 1.54) is 0 Å². The van der Waals surface area contributed by atoms with Crippen LogP contribution in [0.4, 0.5) is 0 Å². The lowest BCUT2D eigenvalue weighted by molar-refractivity contribution is 0.373. The van der Waals surface area contributed by atoms with Crippen LogP contribution in [0.5, 0.6) is 5.88 Å². The lowest BCUT2D eigenvalue weighted by Gasteiger charge is -2.00. The van der Waals surface area contributed by atoms with Crippen LogP contribution in [0.2, 0.25) is 10.0 Å². The van der Waals surface area contributed by atoms with Gasteiger partial charge in [0, 0.05) is 23.7 Å². The molecule has 0 fully saturated rings. The van der Waals surface area contributed by atoms with Crippen molar-refractivity contribution in [2.45, 2.75) is 0 Å². The Bertz CT molecular complexity index is 523. The number of rotatable bonds is 2. The van der Waals surface area contributed by atoms with Crippen molar-refractivity contribution in [1.82, 2.24) is 9.78 Å². The van der Waals surface area contributed by atoms with Crippen molar-refractivity contribution < 1.29 is 4.74 Å². The second kappa shape index (κ2) is 4.36. The molecule has 0 saturated carbocycles. The van der Waals surface area contributed by atoms with Gasteiger partial charge in [-0.1, -0.05) is 23.2 Å². The molecule has 0 aliphatic rings. The molecule has 3 nitrogen and oxygen atoms in total. The van der Waals surface area contributed by atoms with Gasteiger partial charge in [0.05, 0.1) is 17.8 Å². The predicted octanol–water partition coefficient (Wildman–Crippen LogP) is 3.40. The van der Waals surface area contributed by atoms with E-state index in [0.29, 0.717) is 15.9 Å². The number of hydrogen-bond donors (Lipinski definition) is 0. The van der Waals surface area contributed by atoms with Crippen LogP contribution in [0, 0.1) is 0 Å². The number of benzene rings is 1. The molecule has 1 aromatic heterocycles. The summed E-state index contributed by atoms with van der Waals surface area (Å²) in [4.78, 5) is 0. The summed E-state index contributed by atoms with van der Waals surface area (Å²) >= 11 is 11.9. The van der Waals surface area contributed by atoms with Crippen LogP contribution in [-0.2, 0) is 7.05 Å². The molecule has 0 N–H and O–H groups in total. The van der Waals surface area contributed by atoms with Gasteiger partial charge in [-0.05, 0) is 18.2 Å². The van der Waals surface area contributed by atoms with Crippen molar-refractivity contribution in [1.29, 1.82) is 0 Å². The summed E-state index contributed by atoms with van der Waals surface area (Å²) in [5.41, 5.74) is 1.60. The molecule has 16 heavy (non-hydrogen) atoms. The van der Waals surface area contributed by atoms with Crippen LogP contribution in [0.25, 0.3) is 11.3 Å². The van der Waals surface area contributed by atoms with Crippen LogP contribution in [-0.4, -0.2) is 16.9 Å². The topological polar surface area (TPSA) is 27.1 Å². The van der Waals surface area contributed by atoms with E-state index < -0.39 is 0 Å². The summed E-state index contributed by atoms with van der Waals surface area (Å²) in [5, 5.41) is 5.49. The molecule has 0 aliphatic carbocycles. The molecule has 0 atom stereocenters. The third-order valence-electron chi connectivity index (χ3n) is 2.25. The first-order valence-electron chi connectivity index (χ1n) is 4.65. The van der Waals surface area contributed by atoms with Crippen LogP contribution < -0.4 is 4.74 Å². The Morgan fingerprint density at radius 2 is 2.00 bits per heavy atom. The fourth-order valence-electron chi connectivity index (χ4n) is 1.47. The van der Waals surface area contributed by atoms with Crippen LogP contribution in [0.15, 0.2) is 24.3 Å². The Morgan fingerprint density at radius 3 is 2.56 bits per heavy atom. The van der Waals surface area contributed by atoms with Crippen molar-refractivity contribution in [3.8, 4) is 17.1 Å². The van der Waals surface area contributed by atoms with Gasteiger partial charge < -0.3 is 4.74 Å². The van der Waals surface area contributed by atoms with Crippen molar-refractivity contribution in [3.05, 3.63) is 34.3 Å². The van der Waals surface area contributed by atoms with Crippen molar-refractivity contribution in [2.24, 2.45) is 7.05 Å². The Kier molecular flexibility index (Phi) is 3.08. The van der Waals surface area contributed by atoms with E-state index in [9.17, 15) is 0 Å². The van der Waals surface area contributed by atoms with E-state index in [1.54, 1.807) is 23.9 Å². The number of ether oxygens (including phenoxy) is 1. The van der Waals surface area contributed by atoms with Gasteiger partial charge in [-0.15, -0.1) is 0 Å². The molecule has 5 heteroatoms. The summed E-state index contributed by atoms with van der Waals surface area (Å²) in [5.74, 6) is 0.681. The first kappa shape index (κ1) is 11.3. The van der Waals surface area contributed by atoms with Gasteiger partial charge in [-0.2, -0.15) is 5.10 Å². The maximum absolute atomic E-state index is 6.09. The molecule has 2 rings (SSSR count). The third-order valence-corrected chi connectivity index (χ3v) is 2.80. The number of nitrogens with zero attached hydrogens (tertiary/aromatic N) is 2. The molecule has 1 heterocycles. The van der Waals surface area contributed by atoms with Crippen molar-refractivity contribution >= 4 is 23.2 Å². The minimum Gasteiger partial charge on any atom is -0.481 e. The second-order valence-corrected chi connectivity index (χ2v) is 4.16. The smallest absolute Gasteiger partial charge is 0.211 e. The van der Waals surface area contributed by atoms with Crippen LogP contribution >= 0.6 is 23.2 Å². The van der Waals surface area contributed by atoms with Gasteiger partial charge in [-0.25, -0.2) is 4.68 Å². The summed E-state index contributed by atoms with van der Waals surface area (Å²) in [7, 11) is 3.41. The average Bonchev–Trinajstić information content (AvgIpc) is 2.59. The molecule has 0 unspecified atom stereocenters. The quantitative estimate of drug-likeness (QED) is 0.824. The highest BCUT2D eigenvalue weighted by Gasteiger charge is 2.10. The van der Waals surface area contributed by atoms with E-state index in [1.807, 2.05) is 19.2 Å². The largest absolute Gasteiger partial charge is 0.481 e. The average molecular weight is 257 g/mol. The Balaban J connectivity index is 2.50. The number of halogens is 2. The fraction of sp³-hybridized carbons (Fsp3) is 0.182. The van der Waals surface area contributed by atoms with E-state index in [0.717, 1.165) is 11.3 Å². The monoisotopic (exact) mass is 256 g/mol. The summed E-state index contributed by atoms with van der Waals surface area (Å²) in [6.07, 6.45) is 0. The van der Waals surface area contributed by atoms with Crippen molar-refractivity contribution in [3.63, 3.8) is 0 Å². The predicted molar refractivity (Wildman–Crippen MR) is 65.2 cm³/mol. The zero-order valence-corrected chi connectivity index (χ0v) is 10.4. The van der Waals surface area contributed by atoms with Crippen LogP contribution in [0.3, 0.4) is 0 Å². The van der Waals surface area contributed by atoms with Crippen molar-refractivity contribution in [2.75, 3.05) is 7.11 Å². The highest BCUT2D eigenvalue weighted by atomic mass is 35.5. The van der Waals surface area contributed by atoms with E-state index in [2.05, 4.69) is 5.10 Å². The standard InChI is InChI=1S/C11H10Cl2N2O/c1-15-11(16-2)6-10(14-15)8-4-3-7(12)5-9(8)13/h3-6H,1-2H3. The molecule has 1 aromatic carbocycles. The molecule has 0 spiro atoms. The maximum atomic E-state index is 6.09. The summed E-state index contributed by atoms with van der Waals surface area (Å²) in [6.45, 7) is 0. The lowest BCUT2D eigenvalue weighted by Crippen LogP contribution is -1.94. The highest BCUT2D eigenvalue weighted by Crippen LogP contribution is 2.31. The number of hydrogen-bond acceptors (Lipinski definition) is 2. The number of aromatic nitrogens is 2. The Morgan fingerprint density at radius 1 is 1.25 bits per heavy atom. The third kappa shape index (κ3) is 2.01. The summed E-state index contributed by atoms with van der Waals surface area (Å²) in [6, 6.07) is 7.14. The number of aryl methyl sites for hydroxylation is 1. The normalized spacial score (nSPS) is 10.5. The zero-order valence-electron chi connectivity index (χ0n) is 8.87. The SMILES string of the molecule is COc1cc(-c2ccc(Cl)cc2Cl)nn1C. The molecule has 0 saturated heterocycles. The van der Waals surface area contributed by atoms with E-state index in [-0.39, 0.29) is 0 Å².